The predicted octanol–water partition coefficient (Wildman–Crippen LogP) is 2.51. The Bertz CT molecular complexity index is 349. The van der Waals surface area contributed by atoms with Crippen LogP contribution >= 0.6 is 11.3 Å². The molecule has 88 valence electrons. The van der Waals surface area contributed by atoms with Crippen molar-refractivity contribution < 1.29 is 14.2 Å². The van der Waals surface area contributed by atoms with Gasteiger partial charge in [0.25, 0.3) is 0 Å². The first-order chi connectivity index (χ1) is 7.93. The molecular weight excluding hydrogens is 226 g/mol. The van der Waals surface area contributed by atoms with Crippen LogP contribution < -0.4 is 4.74 Å². The maximum atomic E-state index is 5.96. The molecule has 2 aliphatic rings. The summed E-state index contributed by atoms with van der Waals surface area (Å²) in [4.78, 5) is 4.32. The van der Waals surface area contributed by atoms with Gasteiger partial charge in [-0.05, 0) is 19.3 Å². The summed E-state index contributed by atoms with van der Waals surface area (Å²) in [6.07, 6.45) is 4.21. The molecule has 2 atom stereocenters. The molecule has 3 heterocycles. The van der Waals surface area contributed by atoms with Gasteiger partial charge in [-0.15, -0.1) is 0 Å². The van der Waals surface area contributed by atoms with Gasteiger partial charge in [-0.2, -0.15) is 0 Å². The van der Waals surface area contributed by atoms with Gasteiger partial charge in [0.15, 0.2) is 11.4 Å². The molecule has 1 aromatic rings. The minimum atomic E-state index is -0.0496. The zero-order valence-corrected chi connectivity index (χ0v) is 9.87. The molecular formula is C11H15NO3S. The normalized spacial score (nSPS) is 29.5. The van der Waals surface area contributed by atoms with Gasteiger partial charge >= 0.3 is 0 Å². The van der Waals surface area contributed by atoms with Crippen LogP contribution in [-0.2, 0) is 9.47 Å². The van der Waals surface area contributed by atoms with Gasteiger partial charge in [-0.1, -0.05) is 11.3 Å². The summed E-state index contributed by atoms with van der Waals surface area (Å²) >= 11 is 1.54. The third-order valence-corrected chi connectivity index (χ3v) is 3.68. The van der Waals surface area contributed by atoms with Crippen LogP contribution in [0.25, 0.3) is 0 Å². The summed E-state index contributed by atoms with van der Waals surface area (Å²) in [7, 11) is 0. The summed E-state index contributed by atoms with van der Waals surface area (Å²) in [5.41, 5.74) is 2.76. The maximum Gasteiger partial charge on any atom is 0.199 e. The molecule has 0 bridgehead atoms. The number of rotatable bonds is 2. The van der Waals surface area contributed by atoms with E-state index in [1.807, 2.05) is 5.51 Å². The summed E-state index contributed by atoms with van der Waals surface area (Å²) in [5.74, 6) is 0. The molecule has 0 aliphatic carbocycles. The van der Waals surface area contributed by atoms with Crippen molar-refractivity contribution in [2.24, 2.45) is 0 Å². The van der Waals surface area contributed by atoms with Crippen molar-refractivity contribution in [2.75, 3.05) is 13.2 Å². The molecule has 3 rings (SSSR count). The fourth-order valence-electron chi connectivity index (χ4n) is 2.10. The van der Waals surface area contributed by atoms with E-state index in [0.29, 0.717) is 6.61 Å². The van der Waals surface area contributed by atoms with Crippen LogP contribution in [-0.4, -0.2) is 24.5 Å². The molecule has 16 heavy (non-hydrogen) atoms. The minimum Gasteiger partial charge on any atom is -0.482 e. The van der Waals surface area contributed by atoms with Gasteiger partial charge in [0, 0.05) is 13.0 Å². The Hall–Kier alpha value is -0.650. The number of hydrogen-bond acceptors (Lipinski definition) is 5. The first-order valence-electron chi connectivity index (χ1n) is 5.77. The van der Waals surface area contributed by atoms with Gasteiger partial charge in [0.2, 0.25) is 0 Å². The average Bonchev–Trinajstić information content (AvgIpc) is 2.80. The lowest BCUT2D eigenvalue weighted by Crippen LogP contribution is -2.27. The van der Waals surface area contributed by atoms with E-state index in [9.17, 15) is 0 Å². The highest BCUT2D eigenvalue weighted by molar-refractivity contribution is 7.11. The molecule has 0 aromatic carbocycles. The number of fused-ring (bicyclic) bond motifs is 1. The third-order valence-electron chi connectivity index (χ3n) is 2.93. The lowest BCUT2D eigenvalue weighted by atomic mass is 10.1. The smallest absolute Gasteiger partial charge is 0.199 e. The van der Waals surface area contributed by atoms with Crippen LogP contribution in [0, 0.1) is 0 Å². The summed E-state index contributed by atoms with van der Waals surface area (Å²) in [5, 5.41) is 0.909. The second-order valence-electron chi connectivity index (χ2n) is 4.08. The van der Waals surface area contributed by atoms with Crippen molar-refractivity contribution in [3.8, 4) is 5.06 Å². The van der Waals surface area contributed by atoms with Crippen molar-refractivity contribution in [1.82, 2.24) is 4.98 Å². The quantitative estimate of drug-likeness (QED) is 0.797. The van der Waals surface area contributed by atoms with E-state index in [4.69, 9.17) is 14.2 Å². The van der Waals surface area contributed by atoms with Gasteiger partial charge in [-0.3, -0.25) is 0 Å². The summed E-state index contributed by atoms with van der Waals surface area (Å²) in [6.45, 7) is 1.53. The van der Waals surface area contributed by atoms with E-state index in [0.717, 1.165) is 36.6 Å². The van der Waals surface area contributed by atoms with E-state index < -0.39 is 0 Å². The van der Waals surface area contributed by atoms with E-state index in [2.05, 4.69) is 4.98 Å². The van der Waals surface area contributed by atoms with Crippen LogP contribution in [0.3, 0.4) is 0 Å². The lowest BCUT2D eigenvalue weighted by Gasteiger charge is -2.29. The van der Waals surface area contributed by atoms with Crippen molar-refractivity contribution in [1.29, 1.82) is 0 Å². The molecule has 1 fully saturated rings. The monoisotopic (exact) mass is 241 g/mol. The lowest BCUT2D eigenvalue weighted by molar-refractivity contribution is -0.195. The number of aromatic nitrogens is 1. The maximum absolute atomic E-state index is 5.96. The van der Waals surface area contributed by atoms with Crippen LogP contribution in [0.15, 0.2) is 5.51 Å². The Kier molecular flexibility index (Phi) is 3.08. The average molecular weight is 241 g/mol. The first-order valence-corrected chi connectivity index (χ1v) is 6.65. The number of ether oxygens (including phenoxy) is 3. The van der Waals surface area contributed by atoms with E-state index in [1.165, 1.54) is 17.8 Å². The molecule has 0 saturated carbocycles. The first kappa shape index (κ1) is 10.5. The second-order valence-corrected chi connectivity index (χ2v) is 4.90. The molecule has 0 amide bonds. The van der Waals surface area contributed by atoms with Gasteiger partial charge in [-0.25, -0.2) is 4.98 Å². The molecule has 0 N–H and O–H groups in total. The number of thiazole rings is 1. The molecule has 5 heteroatoms. The molecule has 4 nitrogen and oxygen atoms in total. The zero-order valence-electron chi connectivity index (χ0n) is 9.05. The Morgan fingerprint density at radius 3 is 3.19 bits per heavy atom. The molecule has 2 unspecified atom stereocenters. The van der Waals surface area contributed by atoms with Crippen LogP contribution in [0.4, 0.5) is 0 Å². The Morgan fingerprint density at radius 1 is 1.31 bits per heavy atom. The van der Waals surface area contributed by atoms with E-state index in [-0.39, 0.29) is 12.4 Å². The topological polar surface area (TPSA) is 40.6 Å². The minimum absolute atomic E-state index is 0.0496. The van der Waals surface area contributed by atoms with Crippen molar-refractivity contribution in [3.63, 3.8) is 0 Å². The van der Waals surface area contributed by atoms with Crippen molar-refractivity contribution in [3.05, 3.63) is 11.2 Å². The highest BCUT2D eigenvalue weighted by Gasteiger charge is 2.28. The van der Waals surface area contributed by atoms with Crippen LogP contribution in [0.2, 0.25) is 0 Å². The highest BCUT2D eigenvalue weighted by Crippen LogP contribution is 2.37. The molecule has 1 aromatic heterocycles. The highest BCUT2D eigenvalue weighted by atomic mass is 32.1. The van der Waals surface area contributed by atoms with Gasteiger partial charge in [0.05, 0.1) is 12.1 Å². The third kappa shape index (κ3) is 2.07. The SMILES string of the molecule is c1nc2c(s1)OCCC2OC1CCCCO1. The van der Waals surface area contributed by atoms with Crippen molar-refractivity contribution in [2.45, 2.75) is 38.1 Å². The Labute approximate surface area is 98.5 Å². The molecule has 0 spiro atoms. The summed E-state index contributed by atoms with van der Waals surface area (Å²) in [6, 6.07) is 0. The van der Waals surface area contributed by atoms with Gasteiger partial charge in [0.1, 0.15) is 11.8 Å². The van der Waals surface area contributed by atoms with Crippen LogP contribution in [0.1, 0.15) is 37.5 Å². The fraction of sp³-hybridized carbons (Fsp3) is 0.727. The number of hydrogen-bond donors (Lipinski definition) is 0. The van der Waals surface area contributed by atoms with Crippen LogP contribution in [0.5, 0.6) is 5.06 Å². The zero-order chi connectivity index (χ0) is 10.8. The largest absolute Gasteiger partial charge is 0.482 e. The Morgan fingerprint density at radius 2 is 2.31 bits per heavy atom. The van der Waals surface area contributed by atoms with Crippen molar-refractivity contribution >= 4 is 11.3 Å². The summed E-state index contributed by atoms with van der Waals surface area (Å²) < 4.78 is 17.1. The van der Waals surface area contributed by atoms with E-state index >= 15 is 0 Å². The molecule has 1 saturated heterocycles. The number of nitrogens with zero attached hydrogens (tertiary/aromatic N) is 1. The standard InChI is InChI=1S/C11H15NO3S/c1-2-5-13-9(3-1)15-8-4-6-14-11-10(8)12-7-16-11/h7-9H,1-6H2. The van der Waals surface area contributed by atoms with Gasteiger partial charge < -0.3 is 14.2 Å². The van der Waals surface area contributed by atoms with E-state index in [1.54, 1.807) is 0 Å². The Balaban J connectivity index is 1.67. The second kappa shape index (κ2) is 4.69. The fourth-order valence-corrected chi connectivity index (χ4v) is 2.81. The predicted molar refractivity (Wildman–Crippen MR) is 59.6 cm³/mol. The molecule has 2 aliphatic heterocycles. The molecule has 0 radical (unpaired) electrons.